The van der Waals surface area contributed by atoms with E-state index in [1.54, 1.807) is 13.2 Å². The summed E-state index contributed by atoms with van der Waals surface area (Å²) in [4.78, 5) is 12.2. The van der Waals surface area contributed by atoms with Crippen molar-refractivity contribution in [1.29, 1.82) is 5.26 Å². The molecule has 1 atom stereocenters. The van der Waals surface area contributed by atoms with E-state index >= 15 is 0 Å². The van der Waals surface area contributed by atoms with Crippen LogP contribution in [0.25, 0.3) is 0 Å². The first-order chi connectivity index (χ1) is 8.99. The summed E-state index contributed by atoms with van der Waals surface area (Å²) in [6.45, 7) is 3.44. The Labute approximate surface area is 112 Å². The predicted octanol–water partition coefficient (Wildman–Crippen LogP) is 2.19. The Morgan fingerprint density at radius 2 is 2.26 bits per heavy atom. The summed E-state index contributed by atoms with van der Waals surface area (Å²) in [6.07, 6.45) is 0. The van der Waals surface area contributed by atoms with Crippen molar-refractivity contribution < 1.29 is 9.66 Å². The Morgan fingerprint density at radius 1 is 1.58 bits per heavy atom. The third-order valence-corrected chi connectivity index (χ3v) is 2.77. The number of ether oxygens (including phenoxy) is 1. The third-order valence-electron chi connectivity index (χ3n) is 2.77. The Kier molecular flexibility index (Phi) is 5.27. The molecule has 0 heterocycles. The van der Waals surface area contributed by atoms with Crippen LogP contribution in [0, 0.1) is 27.4 Å². The number of rotatable bonds is 6. The zero-order valence-corrected chi connectivity index (χ0v) is 11.3. The lowest BCUT2D eigenvalue weighted by molar-refractivity contribution is -0.385. The van der Waals surface area contributed by atoms with Gasteiger partial charge in [0.2, 0.25) is 0 Å². The molecule has 0 aliphatic carbocycles. The first-order valence-corrected chi connectivity index (χ1v) is 5.88. The molecule has 1 aromatic carbocycles. The fourth-order valence-electron chi connectivity index (χ4n) is 1.92. The number of nitriles is 1. The van der Waals surface area contributed by atoms with E-state index in [2.05, 4.69) is 6.92 Å². The largest absolute Gasteiger partial charge is 0.384 e. The van der Waals surface area contributed by atoms with Gasteiger partial charge in [-0.1, -0.05) is 6.92 Å². The lowest BCUT2D eigenvalue weighted by Crippen LogP contribution is -2.26. The number of nitro benzene ring substituents is 1. The Morgan fingerprint density at radius 3 is 2.79 bits per heavy atom. The molecule has 19 heavy (non-hydrogen) atoms. The molecule has 1 aromatic rings. The standard InChI is InChI=1S/C13H17N3O3/c1-10(9-19-3)8-15(2)12-4-5-13(16(17)18)11(6-12)7-14/h4-6,10H,8-9H2,1-3H3/t10-/m0/s1. The van der Waals surface area contributed by atoms with Crippen LogP contribution in [0.3, 0.4) is 0 Å². The number of hydrogen-bond acceptors (Lipinski definition) is 5. The van der Waals surface area contributed by atoms with Gasteiger partial charge in [0.15, 0.2) is 0 Å². The van der Waals surface area contributed by atoms with Gasteiger partial charge in [-0.3, -0.25) is 10.1 Å². The minimum absolute atomic E-state index is 0.0775. The van der Waals surface area contributed by atoms with Crippen LogP contribution in [0.4, 0.5) is 11.4 Å². The predicted molar refractivity (Wildman–Crippen MR) is 72.1 cm³/mol. The molecular formula is C13H17N3O3. The van der Waals surface area contributed by atoms with Gasteiger partial charge in [-0.05, 0) is 18.1 Å². The summed E-state index contributed by atoms with van der Waals surface area (Å²) in [6, 6.07) is 6.41. The average molecular weight is 263 g/mol. The van der Waals surface area contributed by atoms with Crippen molar-refractivity contribution in [2.24, 2.45) is 5.92 Å². The maximum atomic E-state index is 10.7. The highest BCUT2D eigenvalue weighted by molar-refractivity contribution is 5.59. The monoisotopic (exact) mass is 263 g/mol. The first kappa shape index (κ1) is 14.9. The van der Waals surface area contributed by atoms with Gasteiger partial charge in [0.05, 0.1) is 11.5 Å². The van der Waals surface area contributed by atoms with Crippen LogP contribution in [0.5, 0.6) is 0 Å². The fraction of sp³-hybridized carbons (Fsp3) is 0.462. The number of hydrogen-bond donors (Lipinski definition) is 0. The smallest absolute Gasteiger partial charge is 0.287 e. The van der Waals surface area contributed by atoms with Crippen molar-refractivity contribution in [1.82, 2.24) is 0 Å². The lowest BCUT2D eigenvalue weighted by atomic mass is 10.1. The molecule has 1 rings (SSSR count). The van der Waals surface area contributed by atoms with E-state index in [1.807, 2.05) is 18.0 Å². The number of nitro groups is 1. The highest BCUT2D eigenvalue weighted by Crippen LogP contribution is 2.24. The van der Waals surface area contributed by atoms with E-state index in [9.17, 15) is 10.1 Å². The second kappa shape index (κ2) is 6.71. The molecule has 0 amide bonds. The van der Waals surface area contributed by atoms with E-state index in [-0.39, 0.29) is 11.3 Å². The molecule has 0 radical (unpaired) electrons. The number of anilines is 1. The SMILES string of the molecule is COC[C@@H](C)CN(C)c1ccc([N+](=O)[O-])c(C#N)c1. The van der Waals surface area contributed by atoms with Crippen molar-refractivity contribution in [3.8, 4) is 6.07 Å². The molecule has 0 aliphatic rings. The fourth-order valence-corrected chi connectivity index (χ4v) is 1.92. The molecule has 0 saturated carbocycles. The summed E-state index contributed by atoms with van der Waals surface area (Å²) in [5.41, 5.74) is 0.698. The van der Waals surface area contributed by atoms with Crippen LogP contribution in [0.2, 0.25) is 0 Å². The highest BCUT2D eigenvalue weighted by atomic mass is 16.6. The van der Waals surface area contributed by atoms with E-state index in [0.717, 1.165) is 12.2 Å². The van der Waals surface area contributed by atoms with Gasteiger partial charge in [0.25, 0.3) is 5.69 Å². The quantitative estimate of drug-likeness (QED) is 0.580. The Bertz CT molecular complexity index is 496. The van der Waals surface area contributed by atoms with E-state index in [1.165, 1.54) is 12.1 Å². The molecule has 0 fully saturated rings. The summed E-state index contributed by atoms with van der Waals surface area (Å²) in [7, 11) is 3.53. The number of benzene rings is 1. The zero-order chi connectivity index (χ0) is 14.4. The van der Waals surface area contributed by atoms with E-state index < -0.39 is 4.92 Å². The van der Waals surface area contributed by atoms with Gasteiger partial charge in [-0.25, -0.2) is 0 Å². The van der Waals surface area contributed by atoms with Crippen molar-refractivity contribution in [2.75, 3.05) is 32.2 Å². The second-order valence-corrected chi connectivity index (χ2v) is 4.51. The number of methoxy groups -OCH3 is 1. The molecule has 0 saturated heterocycles. The summed E-state index contributed by atoms with van der Waals surface area (Å²) in [5.74, 6) is 0.329. The molecule has 0 aromatic heterocycles. The minimum Gasteiger partial charge on any atom is -0.384 e. The Hall–Kier alpha value is -2.13. The van der Waals surface area contributed by atoms with Crippen LogP contribution in [0.1, 0.15) is 12.5 Å². The highest BCUT2D eigenvalue weighted by Gasteiger charge is 2.15. The van der Waals surface area contributed by atoms with Gasteiger partial charge < -0.3 is 9.64 Å². The average Bonchev–Trinajstić information content (AvgIpc) is 2.37. The summed E-state index contributed by atoms with van der Waals surface area (Å²) in [5, 5.41) is 19.7. The van der Waals surface area contributed by atoms with Crippen LogP contribution in [-0.4, -0.2) is 32.2 Å². The summed E-state index contributed by atoms with van der Waals surface area (Å²) < 4.78 is 5.07. The molecule has 6 heteroatoms. The summed E-state index contributed by atoms with van der Waals surface area (Å²) >= 11 is 0. The molecule has 6 nitrogen and oxygen atoms in total. The van der Waals surface area contributed by atoms with Crippen molar-refractivity contribution >= 4 is 11.4 Å². The second-order valence-electron chi connectivity index (χ2n) is 4.51. The van der Waals surface area contributed by atoms with E-state index in [4.69, 9.17) is 10.00 Å². The van der Waals surface area contributed by atoms with Crippen molar-refractivity contribution in [3.63, 3.8) is 0 Å². The van der Waals surface area contributed by atoms with E-state index in [0.29, 0.717) is 12.5 Å². The number of nitrogens with zero attached hydrogens (tertiary/aromatic N) is 3. The normalized spacial score (nSPS) is 11.7. The van der Waals surface area contributed by atoms with Gasteiger partial charge in [0, 0.05) is 32.5 Å². The van der Waals surface area contributed by atoms with Gasteiger partial charge in [-0.15, -0.1) is 0 Å². The molecular weight excluding hydrogens is 246 g/mol. The maximum Gasteiger partial charge on any atom is 0.287 e. The molecule has 0 unspecified atom stereocenters. The van der Waals surface area contributed by atoms with Crippen LogP contribution < -0.4 is 4.90 Å². The molecule has 0 N–H and O–H groups in total. The van der Waals surface area contributed by atoms with Crippen molar-refractivity contribution in [3.05, 3.63) is 33.9 Å². The molecule has 0 spiro atoms. The van der Waals surface area contributed by atoms with Gasteiger partial charge in [0.1, 0.15) is 11.6 Å². The topological polar surface area (TPSA) is 79.4 Å². The molecule has 0 bridgehead atoms. The van der Waals surface area contributed by atoms with Gasteiger partial charge >= 0.3 is 0 Å². The van der Waals surface area contributed by atoms with Crippen LogP contribution in [0.15, 0.2) is 18.2 Å². The third kappa shape index (κ3) is 3.93. The van der Waals surface area contributed by atoms with Crippen LogP contribution in [-0.2, 0) is 4.74 Å². The first-order valence-electron chi connectivity index (χ1n) is 5.88. The maximum absolute atomic E-state index is 10.7. The van der Waals surface area contributed by atoms with Crippen LogP contribution >= 0.6 is 0 Å². The molecule has 102 valence electrons. The zero-order valence-electron chi connectivity index (χ0n) is 11.3. The van der Waals surface area contributed by atoms with Crippen molar-refractivity contribution in [2.45, 2.75) is 6.92 Å². The van der Waals surface area contributed by atoms with Gasteiger partial charge in [-0.2, -0.15) is 5.26 Å². The minimum atomic E-state index is -0.546. The Balaban J connectivity index is 2.90. The molecule has 0 aliphatic heterocycles. The lowest BCUT2D eigenvalue weighted by Gasteiger charge is -2.23.